The maximum absolute atomic E-state index is 11.4. The summed E-state index contributed by atoms with van der Waals surface area (Å²) < 4.78 is 0. The van der Waals surface area contributed by atoms with E-state index in [0.717, 1.165) is 37.3 Å². The Morgan fingerprint density at radius 3 is 2.94 bits per heavy atom. The van der Waals surface area contributed by atoms with E-state index in [1.807, 2.05) is 11.9 Å². The molecule has 3 aliphatic rings. The highest BCUT2D eigenvalue weighted by Crippen LogP contribution is 2.43. The highest BCUT2D eigenvalue weighted by Gasteiger charge is 2.35. The lowest BCUT2D eigenvalue weighted by atomic mass is 9.93. The maximum Gasteiger partial charge on any atom is 0.222 e. The highest BCUT2D eigenvalue weighted by atomic mass is 16.2. The van der Waals surface area contributed by atoms with Gasteiger partial charge in [-0.2, -0.15) is 0 Å². The first-order valence-electron chi connectivity index (χ1n) is 6.88. The average Bonchev–Trinajstić information content (AvgIpc) is 2.92. The van der Waals surface area contributed by atoms with Gasteiger partial charge in [0, 0.05) is 26.1 Å². The van der Waals surface area contributed by atoms with Crippen LogP contribution < -0.4 is 5.32 Å². The Hall–Kier alpha value is -0.830. The van der Waals surface area contributed by atoms with Gasteiger partial charge in [0.05, 0.1) is 0 Å². The van der Waals surface area contributed by atoms with Gasteiger partial charge in [-0.15, -0.1) is 0 Å². The molecule has 1 N–H and O–H groups in total. The van der Waals surface area contributed by atoms with Gasteiger partial charge in [0.15, 0.2) is 0 Å². The molecule has 1 saturated heterocycles. The summed E-state index contributed by atoms with van der Waals surface area (Å²) in [5, 5.41) is 3.67. The third kappa shape index (κ3) is 2.25. The molecular formula is C14H22N2O. The summed E-state index contributed by atoms with van der Waals surface area (Å²) in [6, 6.07) is 0.515. The Kier molecular flexibility index (Phi) is 2.95. The third-order valence-corrected chi connectivity index (χ3v) is 4.71. The summed E-state index contributed by atoms with van der Waals surface area (Å²) in [5.74, 6) is 2.83. The topological polar surface area (TPSA) is 32.3 Å². The predicted molar refractivity (Wildman–Crippen MR) is 67.5 cm³/mol. The van der Waals surface area contributed by atoms with Crippen LogP contribution in [0.1, 0.15) is 25.7 Å². The Bertz CT molecular complexity index is 339. The highest BCUT2D eigenvalue weighted by molar-refractivity contribution is 5.76. The van der Waals surface area contributed by atoms with Crippen LogP contribution in [0.25, 0.3) is 0 Å². The summed E-state index contributed by atoms with van der Waals surface area (Å²) in [6.07, 6.45) is 9.29. The number of carbonyl (C=O) groups excluding carboxylic acids is 1. The van der Waals surface area contributed by atoms with Gasteiger partial charge >= 0.3 is 0 Å². The fraction of sp³-hybridized carbons (Fsp3) is 0.786. The zero-order valence-electron chi connectivity index (χ0n) is 10.6. The Morgan fingerprint density at radius 1 is 1.41 bits per heavy atom. The second kappa shape index (κ2) is 4.45. The van der Waals surface area contributed by atoms with E-state index in [1.165, 1.54) is 12.8 Å². The molecule has 0 spiro atoms. The summed E-state index contributed by atoms with van der Waals surface area (Å²) >= 11 is 0. The van der Waals surface area contributed by atoms with Gasteiger partial charge in [0.2, 0.25) is 5.91 Å². The molecule has 1 amide bonds. The minimum atomic E-state index is 0.297. The van der Waals surface area contributed by atoms with Gasteiger partial charge in [-0.3, -0.25) is 4.79 Å². The van der Waals surface area contributed by atoms with Gasteiger partial charge in [-0.1, -0.05) is 12.2 Å². The standard InChI is InChI=1S/C14H22N2O/c1-16-9-13(4-5-14(16)17)15-8-12-7-10-2-3-11(12)6-10/h2-3,10-13,15H,4-9H2,1H3. The Morgan fingerprint density at radius 2 is 2.29 bits per heavy atom. The number of nitrogens with zero attached hydrogens (tertiary/aromatic N) is 1. The molecule has 2 bridgehead atoms. The van der Waals surface area contributed by atoms with Crippen LogP contribution in [0.4, 0.5) is 0 Å². The first-order chi connectivity index (χ1) is 8.22. The van der Waals surface area contributed by atoms with Crippen molar-refractivity contribution in [3.05, 3.63) is 12.2 Å². The van der Waals surface area contributed by atoms with Crippen molar-refractivity contribution in [2.45, 2.75) is 31.7 Å². The van der Waals surface area contributed by atoms with Crippen LogP contribution in [0.3, 0.4) is 0 Å². The average molecular weight is 234 g/mol. The number of hydrogen-bond donors (Lipinski definition) is 1. The molecule has 1 heterocycles. The second-order valence-corrected chi connectivity index (χ2v) is 5.96. The van der Waals surface area contributed by atoms with Gasteiger partial charge in [-0.05, 0) is 43.6 Å². The van der Waals surface area contributed by atoms with Crippen LogP contribution in [0.5, 0.6) is 0 Å². The molecule has 3 rings (SSSR count). The number of amides is 1. The van der Waals surface area contributed by atoms with Crippen molar-refractivity contribution >= 4 is 5.91 Å². The fourth-order valence-corrected chi connectivity index (χ4v) is 3.63. The van der Waals surface area contributed by atoms with Crippen LogP contribution in [0.15, 0.2) is 12.2 Å². The molecule has 94 valence electrons. The molecule has 2 aliphatic carbocycles. The molecule has 17 heavy (non-hydrogen) atoms. The van der Waals surface area contributed by atoms with E-state index < -0.39 is 0 Å². The minimum Gasteiger partial charge on any atom is -0.344 e. The third-order valence-electron chi connectivity index (χ3n) is 4.71. The van der Waals surface area contributed by atoms with Gasteiger partial charge in [0.1, 0.15) is 0 Å². The van der Waals surface area contributed by atoms with Crippen LogP contribution in [-0.2, 0) is 4.79 Å². The SMILES string of the molecule is CN1CC(NCC2CC3C=CC2C3)CCC1=O. The zero-order valence-corrected chi connectivity index (χ0v) is 10.6. The van der Waals surface area contributed by atoms with E-state index in [9.17, 15) is 4.79 Å². The molecule has 4 unspecified atom stereocenters. The number of nitrogens with one attached hydrogen (secondary N) is 1. The van der Waals surface area contributed by atoms with Crippen LogP contribution in [0.2, 0.25) is 0 Å². The molecule has 4 atom stereocenters. The Labute approximate surface area is 103 Å². The van der Waals surface area contributed by atoms with E-state index >= 15 is 0 Å². The molecule has 0 aromatic carbocycles. The quantitative estimate of drug-likeness (QED) is 0.749. The molecule has 3 nitrogen and oxygen atoms in total. The van der Waals surface area contributed by atoms with Crippen LogP contribution >= 0.6 is 0 Å². The van der Waals surface area contributed by atoms with E-state index in [4.69, 9.17) is 0 Å². The van der Waals surface area contributed by atoms with E-state index in [0.29, 0.717) is 18.4 Å². The number of rotatable bonds is 3. The summed E-state index contributed by atoms with van der Waals surface area (Å²) in [7, 11) is 1.91. The van der Waals surface area contributed by atoms with Crippen molar-refractivity contribution in [3.63, 3.8) is 0 Å². The number of piperidine rings is 1. The normalized spacial score (nSPS) is 40.3. The monoisotopic (exact) mass is 234 g/mol. The minimum absolute atomic E-state index is 0.297. The van der Waals surface area contributed by atoms with Crippen molar-refractivity contribution in [2.75, 3.05) is 20.1 Å². The number of likely N-dealkylation sites (tertiary alicyclic amines) is 1. The largest absolute Gasteiger partial charge is 0.344 e. The van der Waals surface area contributed by atoms with Gasteiger partial charge in [0.25, 0.3) is 0 Å². The first-order valence-corrected chi connectivity index (χ1v) is 6.88. The van der Waals surface area contributed by atoms with E-state index in [-0.39, 0.29) is 0 Å². The molecule has 2 fully saturated rings. The molecule has 0 aromatic rings. The van der Waals surface area contributed by atoms with E-state index in [1.54, 1.807) is 0 Å². The van der Waals surface area contributed by atoms with Crippen molar-refractivity contribution in [1.82, 2.24) is 10.2 Å². The fourth-order valence-electron chi connectivity index (χ4n) is 3.63. The summed E-state index contributed by atoms with van der Waals surface area (Å²) in [5.41, 5.74) is 0. The summed E-state index contributed by atoms with van der Waals surface area (Å²) in [4.78, 5) is 13.3. The molecule has 1 aliphatic heterocycles. The van der Waals surface area contributed by atoms with Gasteiger partial charge < -0.3 is 10.2 Å². The van der Waals surface area contributed by atoms with Crippen molar-refractivity contribution < 1.29 is 4.79 Å². The number of allylic oxidation sites excluding steroid dienone is 2. The predicted octanol–water partition coefficient (Wildman–Crippen LogP) is 1.41. The second-order valence-electron chi connectivity index (χ2n) is 5.96. The number of hydrogen-bond acceptors (Lipinski definition) is 2. The van der Waals surface area contributed by atoms with E-state index in [2.05, 4.69) is 17.5 Å². The van der Waals surface area contributed by atoms with Crippen LogP contribution in [-0.4, -0.2) is 37.0 Å². The van der Waals surface area contributed by atoms with Gasteiger partial charge in [-0.25, -0.2) is 0 Å². The maximum atomic E-state index is 11.4. The first kappa shape index (κ1) is 11.3. The molecule has 0 radical (unpaired) electrons. The van der Waals surface area contributed by atoms with Crippen molar-refractivity contribution in [1.29, 1.82) is 0 Å². The van der Waals surface area contributed by atoms with Crippen molar-refractivity contribution in [2.24, 2.45) is 17.8 Å². The van der Waals surface area contributed by atoms with Crippen LogP contribution in [0, 0.1) is 17.8 Å². The summed E-state index contributed by atoms with van der Waals surface area (Å²) in [6.45, 7) is 2.02. The Balaban J connectivity index is 1.46. The molecule has 1 saturated carbocycles. The smallest absolute Gasteiger partial charge is 0.222 e. The molecular weight excluding hydrogens is 212 g/mol. The molecule has 0 aromatic heterocycles. The lowest BCUT2D eigenvalue weighted by Crippen LogP contribution is -2.47. The number of fused-ring (bicyclic) bond motifs is 2. The lowest BCUT2D eigenvalue weighted by Gasteiger charge is -2.31. The lowest BCUT2D eigenvalue weighted by molar-refractivity contribution is -0.132. The number of carbonyl (C=O) groups is 1. The number of likely N-dealkylation sites (N-methyl/N-ethyl adjacent to an activating group) is 1. The zero-order chi connectivity index (χ0) is 11.8. The molecule has 3 heteroatoms. The van der Waals surface area contributed by atoms with Crippen molar-refractivity contribution in [3.8, 4) is 0 Å².